The number of rotatable bonds is 3. The van der Waals surface area contributed by atoms with E-state index in [0.29, 0.717) is 6.61 Å². The van der Waals surface area contributed by atoms with Crippen LogP contribution in [0.2, 0.25) is 4.47 Å². The van der Waals surface area contributed by atoms with Crippen LogP contribution in [-0.4, -0.2) is 16.0 Å². The summed E-state index contributed by atoms with van der Waals surface area (Å²) in [5, 5.41) is 0. The molecule has 0 aliphatic carbocycles. The molecule has 0 saturated heterocycles. The van der Waals surface area contributed by atoms with Crippen LogP contribution in [-0.2, 0) is 16.7 Å². The molecule has 0 radical (unpaired) electrons. The van der Waals surface area contributed by atoms with Gasteiger partial charge in [0, 0.05) is 10.6 Å². The van der Waals surface area contributed by atoms with Gasteiger partial charge in [-0.15, -0.1) is 11.3 Å². The van der Waals surface area contributed by atoms with Gasteiger partial charge in [0.25, 0.3) is 0 Å². The third-order valence-electron chi connectivity index (χ3n) is 1.52. The van der Waals surface area contributed by atoms with Gasteiger partial charge in [0.1, 0.15) is 0 Å². The van der Waals surface area contributed by atoms with Crippen LogP contribution in [0.3, 0.4) is 0 Å². The quantitative estimate of drug-likeness (QED) is 0.771. The average molecular weight is 322 g/mol. The van der Waals surface area contributed by atoms with E-state index in [1.165, 1.54) is 0 Å². The lowest BCUT2D eigenvalue weighted by Gasteiger charge is -2.06. The van der Waals surface area contributed by atoms with Crippen LogP contribution in [0.1, 0.15) is 17.5 Å². The molecule has 1 aromatic heterocycles. The molecule has 9 heteroatoms. The summed E-state index contributed by atoms with van der Waals surface area (Å²) in [5.74, 6) is 0.0536. The van der Waals surface area contributed by atoms with Crippen LogP contribution >= 0.6 is 46.9 Å². The third kappa shape index (κ3) is 4.61. The maximum atomic E-state index is 12.5. The lowest BCUT2D eigenvalue weighted by Crippen LogP contribution is -2.08. The first-order valence-electron chi connectivity index (χ1n) is 4.36. The first-order chi connectivity index (χ1) is 7.84. The Labute approximate surface area is 115 Å². The Balaban J connectivity index is 2.74. The zero-order valence-electron chi connectivity index (χ0n) is 8.51. The van der Waals surface area contributed by atoms with Crippen molar-refractivity contribution in [3.8, 4) is 0 Å². The van der Waals surface area contributed by atoms with Crippen molar-refractivity contribution in [1.29, 1.82) is 0 Å². The third-order valence-corrected chi connectivity index (χ3v) is 4.12. The molecule has 0 saturated carbocycles. The van der Waals surface area contributed by atoms with Crippen molar-refractivity contribution in [2.45, 2.75) is 18.9 Å². The Bertz CT molecular complexity index is 407. The summed E-state index contributed by atoms with van der Waals surface area (Å²) in [6.07, 6.45) is -4.49. The summed E-state index contributed by atoms with van der Waals surface area (Å²) < 4.78 is 42.7. The van der Waals surface area contributed by atoms with E-state index in [0.717, 1.165) is 23.1 Å². The van der Waals surface area contributed by atoms with E-state index in [-0.39, 0.29) is 19.5 Å². The molecule has 0 N–H and O–H groups in total. The summed E-state index contributed by atoms with van der Waals surface area (Å²) >= 11 is 12.1. The SMILES string of the molecule is CCOC(=S)SCc1sc(Cl)nc1C(F)(F)F. The molecule has 0 atom stereocenters. The second-order valence-electron chi connectivity index (χ2n) is 2.71. The lowest BCUT2D eigenvalue weighted by molar-refractivity contribution is -0.141. The molecule has 0 aliphatic heterocycles. The summed E-state index contributed by atoms with van der Waals surface area (Å²) in [4.78, 5) is 3.32. The van der Waals surface area contributed by atoms with Crippen molar-refractivity contribution in [3.05, 3.63) is 15.0 Å². The number of thiazole rings is 1. The van der Waals surface area contributed by atoms with Crippen molar-refractivity contribution < 1.29 is 17.9 Å². The predicted molar refractivity (Wildman–Crippen MR) is 67.6 cm³/mol. The molecule has 0 fully saturated rings. The molecule has 0 aliphatic rings. The zero-order chi connectivity index (χ0) is 13.1. The highest BCUT2D eigenvalue weighted by Gasteiger charge is 2.37. The van der Waals surface area contributed by atoms with E-state index >= 15 is 0 Å². The fraction of sp³-hybridized carbons (Fsp3) is 0.500. The van der Waals surface area contributed by atoms with Crippen molar-refractivity contribution in [1.82, 2.24) is 4.98 Å². The van der Waals surface area contributed by atoms with E-state index in [1.54, 1.807) is 6.92 Å². The normalized spacial score (nSPS) is 11.6. The number of hydrogen-bond acceptors (Lipinski definition) is 5. The van der Waals surface area contributed by atoms with Crippen LogP contribution in [0.25, 0.3) is 0 Å². The molecule has 1 rings (SSSR count). The second kappa shape index (κ2) is 6.21. The van der Waals surface area contributed by atoms with Gasteiger partial charge in [-0.1, -0.05) is 23.4 Å². The standard InChI is InChI=1S/C8H7ClF3NOS3/c1-2-14-7(15)16-3-4-5(8(10,11)12)13-6(9)17-4/h2-3H2,1H3. The Morgan fingerprint density at radius 2 is 2.24 bits per heavy atom. The first kappa shape index (κ1) is 15.0. The second-order valence-corrected chi connectivity index (χ2v) is 5.95. The fourth-order valence-corrected chi connectivity index (χ4v) is 3.18. The molecular formula is C8H7ClF3NOS3. The van der Waals surface area contributed by atoms with E-state index in [9.17, 15) is 13.2 Å². The van der Waals surface area contributed by atoms with Crippen molar-refractivity contribution >= 4 is 51.3 Å². The van der Waals surface area contributed by atoms with Gasteiger partial charge in [-0.2, -0.15) is 13.2 Å². The Morgan fingerprint density at radius 1 is 1.59 bits per heavy atom. The number of nitrogens with zero attached hydrogens (tertiary/aromatic N) is 1. The number of aromatic nitrogens is 1. The van der Waals surface area contributed by atoms with Gasteiger partial charge >= 0.3 is 6.18 Å². The van der Waals surface area contributed by atoms with Gasteiger partial charge in [-0.25, -0.2) is 4.98 Å². The number of thioether (sulfide) groups is 1. The van der Waals surface area contributed by atoms with Crippen molar-refractivity contribution in [2.75, 3.05) is 6.61 Å². The highest BCUT2D eigenvalue weighted by Crippen LogP contribution is 2.37. The number of ether oxygens (including phenoxy) is 1. The Hall–Kier alpha value is -0.0500. The highest BCUT2D eigenvalue weighted by molar-refractivity contribution is 8.22. The van der Waals surface area contributed by atoms with E-state index in [4.69, 9.17) is 28.6 Å². The van der Waals surface area contributed by atoms with Crippen LogP contribution < -0.4 is 0 Å². The van der Waals surface area contributed by atoms with Gasteiger partial charge < -0.3 is 4.74 Å². The van der Waals surface area contributed by atoms with E-state index < -0.39 is 11.9 Å². The fourth-order valence-electron chi connectivity index (χ4n) is 0.926. The summed E-state index contributed by atoms with van der Waals surface area (Å²) in [7, 11) is 0. The number of hydrogen-bond donors (Lipinski definition) is 0. The summed E-state index contributed by atoms with van der Waals surface area (Å²) in [5.41, 5.74) is -0.945. The van der Waals surface area contributed by atoms with Gasteiger partial charge in [0.2, 0.25) is 4.38 Å². The van der Waals surface area contributed by atoms with Crippen LogP contribution in [0, 0.1) is 0 Å². The van der Waals surface area contributed by atoms with Crippen molar-refractivity contribution in [3.63, 3.8) is 0 Å². The molecule has 0 amide bonds. The lowest BCUT2D eigenvalue weighted by atomic mass is 10.4. The minimum Gasteiger partial charge on any atom is -0.479 e. The molecule has 17 heavy (non-hydrogen) atoms. The van der Waals surface area contributed by atoms with Crippen LogP contribution in [0.15, 0.2) is 0 Å². The molecule has 96 valence electrons. The molecule has 0 aromatic carbocycles. The van der Waals surface area contributed by atoms with Crippen LogP contribution in [0.5, 0.6) is 0 Å². The van der Waals surface area contributed by atoms with E-state index in [1.807, 2.05) is 0 Å². The predicted octanol–water partition coefficient (Wildman–Crippen LogP) is 4.37. The molecular weight excluding hydrogens is 315 g/mol. The molecule has 0 spiro atoms. The maximum absolute atomic E-state index is 12.5. The smallest absolute Gasteiger partial charge is 0.434 e. The largest absolute Gasteiger partial charge is 0.479 e. The van der Waals surface area contributed by atoms with Crippen LogP contribution in [0.4, 0.5) is 13.2 Å². The maximum Gasteiger partial charge on any atom is 0.434 e. The zero-order valence-corrected chi connectivity index (χ0v) is 11.7. The highest BCUT2D eigenvalue weighted by atomic mass is 35.5. The molecule has 0 unspecified atom stereocenters. The Kier molecular flexibility index (Phi) is 5.49. The Morgan fingerprint density at radius 3 is 2.76 bits per heavy atom. The van der Waals surface area contributed by atoms with Crippen molar-refractivity contribution in [2.24, 2.45) is 0 Å². The molecule has 1 heterocycles. The van der Waals surface area contributed by atoms with Gasteiger partial charge in [-0.05, 0) is 19.1 Å². The summed E-state index contributed by atoms with van der Waals surface area (Å²) in [6.45, 7) is 2.14. The summed E-state index contributed by atoms with van der Waals surface area (Å²) in [6, 6.07) is 0. The molecule has 1 aromatic rings. The minimum atomic E-state index is -4.49. The van der Waals surface area contributed by atoms with Gasteiger partial charge in [0.05, 0.1) is 6.61 Å². The van der Waals surface area contributed by atoms with Gasteiger partial charge in [-0.3, -0.25) is 0 Å². The minimum absolute atomic E-state index is 0.0505. The topological polar surface area (TPSA) is 22.1 Å². The first-order valence-corrected chi connectivity index (χ1v) is 6.95. The average Bonchev–Trinajstić information content (AvgIpc) is 2.57. The van der Waals surface area contributed by atoms with Gasteiger partial charge in [0.15, 0.2) is 10.2 Å². The number of alkyl halides is 3. The monoisotopic (exact) mass is 321 g/mol. The number of thiocarbonyl (C=S) groups is 1. The molecule has 2 nitrogen and oxygen atoms in total. The van der Waals surface area contributed by atoms with E-state index in [2.05, 4.69) is 4.98 Å². The number of halogens is 4. The molecule has 0 bridgehead atoms.